The number of hydrogen-bond acceptors (Lipinski definition) is 10. The first-order valence-electron chi connectivity index (χ1n) is 22.5. The lowest BCUT2D eigenvalue weighted by Gasteiger charge is -2.56. The molecule has 4 bridgehead atoms. The number of nitrogens with zero attached hydrogens (tertiary/aromatic N) is 10. The van der Waals surface area contributed by atoms with E-state index < -0.39 is 0 Å². The second kappa shape index (κ2) is 16.8. The number of rotatable bonds is 15. The van der Waals surface area contributed by atoms with Crippen LogP contribution in [0.15, 0.2) is 37.2 Å². The molecule has 10 nitrogen and oxygen atoms in total. The molecular weight excluding hydrogens is 693 g/mol. The van der Waals surface area contributed by atoms with Gasteiger partial charge in [-0.2, -0.15) is 0 Å². The van der Waals surface area contributed by atoms with Gasteiger partial charge in [-0.25, -0.2) is 29.9 Å². The van der Waals surface area contributed by atoms with Crippen molar-refractivity contribution in [2.75, 3.05) is 60.5 Å². The number of aromatic nitrogens is 6. The minimum Gasteiger partial charge on any atom is -0.340 e. The Morgan fingerprint density at radius 2 is 1.04 bits per heavy atom. The van der Waals surface area contributed by atoms with Gasteiger partial charge >= 0.3 is 0 Å². The first-order valence-corrected chi connectivity index (χ1v) is 22.5. The summed E-state index contributed by atoms with van der Waals surface area (Å²) in [5.41, 5.74) is 3.78. The molecule has 0 N–H and O–H groups in total. The smallest absolute Gasteiger partial charge is 0.225 e. The van der Waals surface area contributed by atoms with Crippen LogP contribution in [0.4, 0.5) is 17.8 Å². The molecule has 6 fully saturated rings. The second-order valence-corrected chi connectivity index (χ2v) is 19.6. The maximum absolute atomic E-state index is 4.98. The predicted octanol–water partition coefficient (Wildman–Crippen LogP) is 8.44. The van der Waals surface area contributed by atoms with E-state index in [0.29, 0.717) is 29.8 Å². The van der Waals surface area contributed by atoms with Crippen molar-refractivity contribution < 1.29 is 0 Å². The van der Waals surface area contributed by atoms with Crippen LogP contribution in [0.5, 0.6) is 0 Å². The number of anilines is 3. The summed E-state index contributed by atoms with van der Waals surface area (Å²) in [5, 5.41) is 0. The Balaban J connectivity index is 0.753. The first kappa shape index (κ1) is 39.4. The fourth-order valence-electron chi connectivity index (χ4n) is 11.4. The Labute approximate surface area is 337 Å². The zero-order valence-electron chi connectivity index (χ0n) is 35.8. The molecule has 10 heteroatoms. The Hall–Kier alpha value is -3.40. The van der Waals surface area contributed by atoms with E-state index in [1.807, 2.05) is 12.4 Å². The number of piperazine rings is 1. The lowest BCUT2D eigenvalue weighted by Crippen LogP contribution is -2.57. The molecule has 56 heavy (non-hydrogen) atoms. The van der Waals surface area contributed by atoms with Gasteiger partial charge in [0.2, 0.25) is 17.8 Å². The van der Waals surface area contributed by atoms with Crippen LogP contribution in [-0.4, -0.2) is 92.7 Å². The van der Waals surface area contributed by atoms with Crippen LogP contribution in [-0.2, 0) is 0 Å². The van der Waals surface area contributed by atoms with Crippen LogP contribution in [0.1, 0.15) is 135 Å². The van der Waals surface area contributed by atoms with Crippen LogP contribution < -0.4 is 14.7 Å². The molecule has 0 spiro atoms. The molecule has 2 saturated carbocycles. The minimum atomic E-state index is 0.470. The van der Waals surface area contributed by atoms with E-state index in [1.54, 1.807) is 0 Å². The zero-order chi connectivity index (χ0) is 39.1. The van der Waals surface area contributed by atoms with E-state index in [1.165, 1.54) is 61.6 Å². The number of fused-ring (bicyclic) bond motifs is 4. The molecule has 4 aliphatic heterocycles. The zero-order valence-corrected chi connectivity index (χ0v) is 35.8. The SMILES string of the molecule is CC(C)c1cnc(N2CC3CC(C2)C3C(C)CCC(C)c2cnc(N3CC4CC3CC4C(C)CCC(C)c3cnc(N4CCN(C(C)C)CC4)nc3)nc2)nc1. The van der Waals surface area contributed by atoms with Crippen molar-refractivity contribution in [1.29, 1.82) is 0 Å². The molecule has 9 unspecified atom stereocenters. The number of hydrogen-bond donors (Lipinski definition) is 0. The highest BCUT2D eigenvalue weighted by atomic mass is 15.3. The van der Waals surface area contributed by atoms with Gasteiger partial charge in [0.1, 0.15) is 0 Å². The minimum absolute atomic E-state index is 0.470. The molecule has 2 aliphatic carbocycles. The highest BCUT2D eigenvalue weighted by Crippen LogP contribution is 2.51. The fraction of sp³-hybridized carbons (Fsp3) is 0.739. The Bertz CT molecular complexity index is 1690. The van der Waals surface area contributed by atoms with Crippen molar-refractivity contribution in [3.8, 4) is 0 Å². The summed E-state index contributed by atoms with van der Waals surface area (Å²) in [6.45, 7) is 26.2. The molecule has 6 aliphatic rings. The predicted molar refractivity (Wildman–Crippen MR) is 227 cm³/mol. The average Bonchev–Trinajstić information content (AvgIpc) is 3.84. The fourth-order valence-corrected chi connectivity index (χ4v) is 11.4. The molecule has 4 saturated heterocycles. The topological polar surface area (TPSA) is 90.3 Å². The Kier molecular flexibility index (Phi) is 11.8. The summed E-state index contributed by atoms with van der Waals surface area (Å²) in [7, 11) is 0. The third-order valence-electron chi connectivity index (χ3n) is 15.3. The highest BCUT2D eigenvalue weighted by Gasteiger charge is 2.49. The van der Waals surface area contributed by atoms with Gasteiger partial charge < -0.3 is 14.7 Å². The van der Waals surface area contributed by atoms with Crippen molar-refractivity contribution in [2.45, 2.75) is 130 Å². The van der Waals surface area contributed by atoms with Gasteiger partial charge in [0.05, 0.1) is 0 Å². The van der Waals surface area contributed by atoms with Crippen molar-refractivity contribution in [1.82, 2.24) is 34.8 Å². The van der Waals surface area contributed by atoms with Gasteiger partial charge in [-0.15, -0.1) is 0 Å². The molecule has 7 heterocycles. The molecule has 0 aromatic carbocycles. The van der Waals surface area contributed by atoms with E-state index >= 15 is 0 Å². The highest BCUT2D eigenvalue weighted by molar-refractivity contribution is 5.37. The van der Waals surface area contributed by atoms with Crippen molar-refractivity contribution in [3.63, 3.8) is 0 Å². The third-order valence-corrected chi connectivity index (χ3v) is 15.3. The summed E-state index contributed by atoms with van der Waals surface area (Å²) in [4.78, 5) is 38.9. The Morgan fingerprint density at radius 1 is 0.518 bits per heavy atom. The lowest BCUT2D eigenvalue weighted by atomic mass is 9.56. The van der Waals surface area contributed by atoms with Crippen LogP contribution in [0.2, 0.25) is 0 Å². The first-order chi connectivity index (χ1) is 27.0. The quantitative estimate of drug-likeness (QED) is 0.150. The summed E-state index contributed by atoms with van der Waals surface area (Å²) >= 11 is 0. The normalized spacial score (nSPS) is 28.5. The van der Waals surface area contributed by atoms with E-state index in [2.05, 4.69) is 99.8 Å². The molecular formula is C46H70N10. The summed E-state index contributed by atoms with van der Waals surface area (Å²) in [6, 6.07) is 1.19. The van der Waals surface area contributed by atoms with Gasteiger partial charge in [-0.05, 0) is 135 Å². The van der Waals surface area contributed by atoms with Gasteiger partial charge in [-0.1, -0.05) is 41.5 Å². The second-order valence-electron chi connectivity index (χ2n) is 19.6. The van der Waals surface area contributed by atoms with E-state index in [-0.39, 0.29) is 0 Å². The number of piperidine rings is 3. The molecule has 0 radical (unpaired) electrons. The van der Waals surface area contributed by atoms with Crippen molar-refractivity contribution >= 4 is 17.8 Å². The van der Waals surface area contributed by atoms with Crippen LogP contribution in [0.3, 0.4) is 0 Å². The van der Waals surface area contributed by atoms with E-state index in [4.69, 9.17) is 29.9 Å². The lowest BCUT2D eigenvalue weighted by molar-refractivity contribution is 0.00169. The molecule has 0 amide bonds. The molecule has 3 aromatic rings. The largest absolute Gasteiger partial charge is 0.340 e. The molecule has 9 rings (SSSR count). The third kappa shape index (κ3) is 8.28. The van der Waals surface area contributed by atoms with Crippen molar-refractivity contribution in [3.05, 3.63) is 53.9 Å². The van der Waals surface area contributed by atoms with E-state index in [9.17, 15) is 0 Å². The summed E-state index contributed by atoms with van der Waals surface area (Å²) in [6.07, 6.45) is 21.4. The van der Waals surface area contributed by atoms with Crippen molar-refractivity contribution in [2.24, 2.45) is 41.4 Å². The maximum Gasteiger partial charge on any atom is 0.225 e. The summed E-state index contributed by atoms with van der Waals surface area (Å²) in [5.74, 6) is 9.60. The molecule has 9 atom stereocenters. The van der Waals surface area contributed by atoms with Gasteiger partial charge in [0, 0.05) is 95.1 Å². The average molecular weight is 763 g/mol. The molecule has 304 valence electrons. The van der Waals surface area contributed by atoms with Crippen LogP contribution in [0, 0.1) is 41.4 Å². The van der Waals surface area contributed by atoms with Crippen LogP contribution >= 0.6 is 0 Å². The molecule has 3 aromatic heterocycles. The van der Waals surface area contributed by atoms with Gasteiger partial charge in [0.25, 0.3) is 0 Å². The van der Waals surface area contributed by atoms with E-state index in [0.717, 1.165) is 105 Å². The monoisotopic (exact) mass is 763 g/mol. The van der Waals surface area contributed by atoms with Gasteiger partial charge in [0.15, 0.2) is 0 Å². The summed E-state index contributed by atoms with van der Waals surface area (Å²) < 4.78 is 0. The Morgan fingerprint density at radius 3 is 1.55 bits per heavy atom. The standard InChI is InChI=1S/C46H70N10/c1-29(2)38-20-47-45(48-21-38)55-26-36-17-37(27-55)43(36)34(8)12-10-32(6)40-24-51-46(52-25-40)56-28-35-18-41(56)19-42(35)33(7)11-9-31(5)39-22-49-44(50-23-39)54-15-13-53(14-16-54)30(3)4/h20-25,29-37,41-43H,9-19,26-28H2,1-8H3. The van der Waals surface area contributed by atoms with Crippen LogP contribution in [0.25, 0.3) is 0 Å². The van der Waals surface area contributed by atoms with Gasteiger partial charge in [-0.3, -0.25) is 4.90 Å². The maximum atomic E-state index is 4.98.